The second-order valence-electron chi connectivity index (χ2n) is 11.8. The number of hydrogen-bond acceptors (Lipinski definition) is 3. The van der Waals surface area contributed by atoms with Gasteiger partial charge in [-0.25, -0.2) is 0 Å². The second-order valence-corrected chi connectivity index (χ2v) is 11.8. The Morgan fingerprint density at radius 2 is 1.94 bits per heavy atom. The number of rotatable bonds is 1. The molecule has 0 saturated heterocycles. The monoisotopic (exact) mass is 418 g/mol. The first-order valence-corrected chi connectivity index (χ1v) is 11.6. The van der Waals surface area contributed by atoms with Crippen molar-refractivity contribution in [3.63, 3.8) is 0 Å². The van der Waals surface area contributed by atoms with E-state index in [1.165, 1.54) is 28.0 Å². The molecule has 1 aliphatic heterocycles. The van der Waals surface area contributed by atoms with Gasteiger partial charge in [-0.15, -0.1) is 0 Å². The molecule has 2 heterocycles. The molecule has 3 aliphatic rings. The largest absolute Gasteiger partial charge is 0.493 e. The highest BCUT2D eigenvalue weighted by molar-refractivity contribution is 6.02. The molecule has 0 amide bonds. The van der Waals surface area contributed by atoms with Crippen LogP contribution in [0.15, 0.2) is 29.3 Å². The lowest BCUT2D eigenvalue weighted by atomic mass is 9.55. The number of hydrogen-bond donors (Lipinski definition) is 1. The Morgan fingerprint density at radius 1 is 1.16 bits per heavy atom. The molecule has 2 aliphatic carbocycles. The first kappa shape index (κ1) is 20.5. The summed E-state index contributed by atoms with van der Waals surface area (Å²) in [5, 5.41) is 8.26. The van der Waals surface area contributed by atoms with Gasteiger partial charge in [-0.2, -0.15) is 5.10 Å². The maximum absolute atomic E-state index is 13.8. The summed E-state index contributed by atoms with van der Waals surface area (Å²) in [5.74, 6) is 1.24. The van der Waals surface area contributed by atoms with E-state index in [2.05, 4.69) is 64.8 Å². The van der Waals surface area contributed by atoms with E-state index in [0.717, 1.165) is 42.7 Å². The number of fused-ring (bicyclic) bond motifs is 5. The molecule has 0 bridgehead atoms. The van der Waals surface area contributed by atoms with Gasteiger partial charge in [0, 0.05) is 35.2 Å². The van der Waals surface area contributed by atoms with E-state index in [0.29, 0.717) is 18.8 Å². The van der Waals surface area contributed by atoms with Crippen LogP contribution in [0, 0.1) is 17.8 Å². The van der Waals surface area contributed by atoms with Gasteiger partial charge in [-0.3, -0.25) is 9.89 Å². The molecule has 4 heteroatoms. The highest BCUT2D eigenvalue weighted by Crippen LogP contribution is 2.58. The van der Waals surface area contributed by atoms with Crippen LogP contribution in [-0.2, 0) is 23.1 Å². The lowest BCUT2D eigenvalue weighted by Gasteiger charge is -2.48. The van der Waals surface area contributed by atoms with Crippen molar-refractivity contribution in [1.29, 1.82) is 0 Å². The number of aryl methyl sites for hydroxylation is 1. The molecule has 1 aromatic carbocycles. The van der Waals surface area contributed by atoms with Crippen molar-refractivity contribution in [2.75, 3.05) is 6.61 Å². The fourth-order valence-corrected chi connectivity index (χ4v) is 6.41. The van der Waals surface area contributed by atoms with Gasteiger partial charge in [0.1, 0.15) is 5.75 Å². The third-order valence-electron chi connectivity index (χ3n) is 7.22. The van der Waals surface area contributed by atoms with Crippen molar-refractivity contribution in [1.82, 2.24) is 10.2 Å². The van der Waals surface area contributed by atoms with Crippen molar-refractivity contribution < 1.29 is 9.53 Å². The van der Waals surface area contributed by atoms with E-state index in [-0.39, 0.29) is 10.8 Å². The van der Waals surface area contributed by atoms with E-state index >= 15 is 0 Å². The van der Waals surface area contributed by atoms with Gasteiger partial charge in [0.05, 0.1) is 17.7 Å². The Hall–Kier alpha value is -2.36. The summed E-state index contributed by atoms with van der Waals surface area (Å²) in [6, 6.07) is 6.28. The van der Waals surface area contributed by atoms with E-state index in [1.807, 2.05) is 0 Å². The zero-order valence-electron chi connectivity index (χ0n) is 19.7. The fraction of sp³-hybridized carbons (Fsp3) is 0.556. The van der Waals surface area contributed by atoms with E-state index in [1.54, 1.807) is 0 Å². The molecule has 2 aromatic rings. The lowest BCUT2D eigenvalue weighted by Crippen LogP contribution is -2.46. The number of H-pyrrole nitrogens is 1. The topological polar surface area (TPSA) is 55.0 Å². The molecular weight excluding hydrogens is 384 g/mol. The molecule has 0 saturated carbocycles. The van der Waals surface area contributed by atoms with Crippen molar-refractivity contribution in [2.45, 2.75) is 79.1 Å². The molecule has 0 unspecified atom stereocenters. The molecule has 1 N–H and O–H groups in total. The van der Waals surface area contributed by atoms with Crippen LogP contribution < -0.4 is 4.74 Å². The normalized spacial score (nSPS) is 24.5. The van der Waals surface area contributed by atoms with Gasteiger partial charge in [0.15, 0.2) is 5.78 Å². The highest BCUT2D eigenvalue weighted by Gasteiger charge is 2.54. The van der Waals surface area contributed by atoms with Crippen LogP contribution in [0.1, 0.15) is 82.0 Å². The number of aromatic amines is 1. The van der Waals surface area contributed by atoms with Crippen LogP contribution >= 0.6 is 0 Å². The summed E-state index contributed by atoms with van der Waals surface area (Å²) in [6.07, 6.45) is 4.05. The number of carbonyl (C=O) groups excluding carboxylic acids is 1. The number of Topliss-reactive ketones (excluding diaryl/α,β-unsaturated/α-hetero) is 1. The molecule has 1 atom stereocenters. The van der Waals surface area contributed by atoms with E-state index < -0.39 is 5.41 Å². The number of benzene rings is 1. The molecule has 4 nitrogen and oxygen atoms in total. The van der Waals surface area contributed by atoms with Gasteiger partial charge in [0.2, 0.25) is 0 Å². The Morgan fingerprint density at radius 3 is 2.68 bits per heavy atom. The fourth-order valence-electron chi connectivity index (χ4n) is 6.41. The summed E-state index contributed by atoms with van der Waals surface area (Å²) < 4.78 is 6.16. The zero-order valence-corrected chi connectivity index (χ0v) is 19.7. The molecule has 1 spiro atoms. The van der Waals surface area contributed by atoms with Gasteiger partial charge < -0.3 is 4.74 Å². The van der Waals surface area contributed by atoms with E-state index in [9.17, 15) is 4.79 Å². The predicted octanol–water partition coefficient (Wildman–Crippen LogP) is 5.62. The minimum absolute atomic E-state index is 0.00258. The molecule has 31 heavy (non-hydrogen) atoms. The number of nitrogens with zero attached hydrogens (tertiary/aromatic N) is 1. The lowest BCUT2D eigenvalue weighted by molar-refractivity contribution is -0.118. The average molecular weight is 419 g/mol. The quantitative estimate of drug-likeness (QED) is 0.654. The minimum atomic E-state index is -0.455. The molecule has 1 aromatic heterocycles. The first-order valence-electron chi connectivity index (χ1n) is 11.6. The van der Waals surface area contributed by atoms with Crippen LogP contribution in [0.2, 0.25) is 0 Å². The van der Waals surface area contributed by atoms with Gasteiger partial charge >= 0.3 is 0 Å². The zero-order chi connectivity index (χ0) is 22.2. The third kappa shape index (κ3) is 3.09. The van der Waals surface area contributed by atoms with Gasteiger partial charge in [-0.05, 0) is 48.6 Å². The molecule has 164 valence electrons. The summed E-state index contributed by atoms with van der Waals surface area (Å²) in [6.45, 7) is 14.0. The maximum atomic E-state index is 13.8. The Kier molecular flexibility index (Phi) is 4.35. The standard InChI is InChI=1S/C27H34N2O2/c1-16-8-7-9-21-22(16)27(10-11-31-21)23-17(13-26(5,6)15-20(23)30)12-18-24(27)19(29-28-18)14-25(2,3)4/h7-9H,10-15H2,1-6H3,(H,28,29)/t27-/m1/s1. The summed E-state index contributed by atoms with van der Waals surface area (Å²) >= 11 is 0. The van der Waals surface area contributed by atoms with Gasteiger partial charge in [0.25, 0.3) is 0 Å². The van der Waals surface area contributed by atoms with Crippen molar-refractivity contribution >= 4 is 5.78 Å². The Balaban J connectivity index is 1.85. The highest BCUT2D eigenvalue weighted by atomic mass is 16.5. The first-order chi connectivity index (χ1) is 14.5. The predicted molar refractivity (Wildman–Crippen MR) is 123 cm³/mol. The second kappa shape index (κ2) is 6.57. The smallest absolute Gasteiger partial charge is 0.160 e. The number of carbonyl (C=O) groups is 1. The van der Waals surface area contributed by atoms with Crippen molar-refractivity contribution in [2.24, 2.45) is 10.8 Å². The molecule has 0 radical (unpaired) electrons. The Bertz CT molecular complexity index is 1110. The van der Waals surface area contributed by atoms with Crippen LogP contribution in [0.25, 0.3) is 0 Å². The molecule has 5 rings (SSSR count). The average Bonchev–Trinajstić information content (AvgIpc) is 3.01. The maximum Gasteiger partial charge on any atom is 0.160 e. The third-order valence-corrected chi connectivity index (χ3v) is 7.22. The van der Waals surface area contributed by atoms with Crippen LogP contribution in [0.4, 0.5) is 0 Å². The van der Waals surface area contributed by atoms with Crippen molar-refractivity contribution in [3.05, 3.63) is 57.4 Å². The number of ether oxygens (including phenoxy) is 1. The van der Waals surface area contributed by atoms with Crippen molar-refractivity contribution in [3.8, 4) is 5.75 Å². The summed E-state index contributed by atoms with van der Waals surface area (Å²) in [4.78, 5) is 13.8. The van der Waals surface area contributed by atoms with Crippen LogP contribution in [0.5, 0.6) is 5.75 Å². The number of nitrogens with one attached hydrogen (secondary N) is 1. The minimum Gasteiger partial charge on any atom is -0.493 e. The Labute approximate surface area is 185 Å². The summed E-state index contributed by atoms with van der Waals surface area (Å²) in [5.41, 5.74) is 7.95. The molecule has 0 fully saturated rings. The van der Waals surface area contributed by atoms with Crippen LogP contribution in [0.3, 0.4) is 0 Å². The summed E-state index contributed by atoms with van der Waals surface area (Å²) in [7, 11) is 0. The molecular formula is C27H34N2O2. The number of ketones is 1. The van der Waals surface area contributed by atoms with Crippen LogP contribution in [-0.4, -0.2) is 22.6 Å². The number of allylic oxidation sites excluding steroid dienone is 2. The van der Waals surface area contributed by atoms with Gasteiger partial charge in [-0.1, -0.05) is 52.3 Å². The number of aromatic nitrogens is 2. The SMILES string of the molecule is Cc1cccc2c1[C@]1(CCO2)C2=C(Cc3[nH]nc(CC(C)(C)C)c31)CC(C)(C)CC2=O. The van der Waals surface area contributed by atoms with E-state index in [4.69, 9.17) is 9.84 Å².